The van der Waals surface area contributed by atoms with Crippen LogP contribution in [0.1, 0.15) is 119 Å². The van der Waals surface area contributed by atoms with E-state index in [4.69, 9.17) is 47.4 Å². The Morgan fingerprint density at radius 1 is 0.877 bits per heavy atom. The molecule has 2 bridgehead atoms. The topological polar surface area (TPSA) is 182 Å². The van der Waals surface area contributed by atoms with Gasteiger partial charge < -0.3 is 62.8 Å². The van der Waals surface area contributed by atoms with Crippen LogP contribution in [-0.4, -0.2) is 139 Å². The molecular formula is C50H75NO14. The van der Waals surface area contributed by atoms with Crippen LogP contribution in [0.4, 0.5) is 0 Å². The van der Waals surface area contributed by atoms with Crippen LogP contribution < -0.4 is 0 Å². The molecule has 0 unspecified atom stereocenters. The van der Waals surface area contributed by atoms with Gasteiger partial charge in [0.25, 0.3) is 0 Å². The summed E-state index contributed by atoms with van der Waals surface area (Å²) in [4.78, 5) is 14.5. The van der Waals surface area contributed by atoms with Crippen molar-refractivity contribution in [2.24, 2.45) is 28.8 Å². The Bertz CT molecular complexity index is 1830. The third kappa shape index (κ3) is 10.1. The molecule has 8 rings (SSSR count). The molecule has 0 radical (unpaired) electrons. The number of fused-ring (bicyclic) bond motifs is 2. The van der Waals surface area contributed by atoms with Gasteiger partial charge in [0.1, 0.15) is 41.6 Å². The highest BCUT2D eigenvalue weighted by atomic mass is 16.7. The van der Waals surface area contributed by atoms with E-state index < -0.39 is 84.7 Å². The number of methoxy groups -OCH3 is 2. The molecule has 0 aromatic carbocycles. The van der Waals surface area contributed by atoms with Gasteiger partial charge in [-0.25, -0.2) is 0 Å². The van der Waals surface area contributed by atoms with Gasteiger partial charge in [0.2, 0.25) is 0 Å². The number of carbonyl (C=O) groups is 1. The third-order valence-electron chi connectivity index (χ3n) is 15.8. The minimum absolute atomic E-state index is 0.0205. The lowest BCUT2D eigenvalue weighted by Crippen LogP contribution is -2.57. The summed E-state index contributed by atoms with van der Waals surface area (Å²) < 4.78 is 64.5. The van der Waals surface area contributed by atoms with Crippen molar-refractivity contribution < 1.29 is 67.6 Å². The predicted octanol–water partition coefficient (Wildman–Crippen LogP) is 6.60. The fourth-order valence-corrected chi connectivity index (χ4v) is 12.1. The lowest BCUT2D eigenvalue weighted by atomic mass is 9.71. The molecule has 3 N–H and O–H groups in total. The van der Waals surface area contributed by atoms with Crippen molar-refractivity contribution >= 4 is 11.7 Å². The highest BCUT2D eigenvalue weighted by molar-refractivity contribution is 6.06. The molecule has 1 saturated carbocycles. The highest BCUT2D eigenvalue weighted by Crippen LogP contribution is 2.48. The summed E-state index contributed by atoms with van der Waals surface area (Å²) in [5, 5.41) is 36.8. The fourth-order valence-electron chi connectivity index (χ4n) is 12.1. The predicted molar refractivity (Wildman–Crippen MR) is 238 cm³/mol. The van der Waals surface area contributed by atoms with Gasteiger partial charge in [-0.3, -0.25) is 4.79 Å². The Morgan fingerprint density at radius 3 is 2.34 bits per heavy atom. The first-order valence-electron chi connectivity index (χ1n) is 24.4. The lowest BCUT2D eigenvalue weighted by molar-refractivity contribution is -0.342. The number of oxime groups is 1. The SMILES string of the molecule is CO[C@H]1C[C@H](O[C@H]2[C@H](C)O[C@@H](O[C@@H]3C(C)=CC[C@@H]4C[C@@H](C[C@]5(CC[C@H](C)[C@@H](C6CCCCC6)O5)O4)OC(=O)[C@@H]4C=C(C)C(=NO)[C@H]5OCC(=CC=C[C@@H]3C)[C@]54O)C[C@@H]2OC)O[C@@H](C)[C@@H]1O. The summed E-state index contributed by atoms with van der Waals surface area (Å²) in [6, 6.07) is 0. The van der Waals surface area contributed by atoms with Crippen LogP contribution in [0, 0.1) is 23.7 Å². The summed E-state index contributed by atoms with van der Waals surface area (Å²) in [6.07, 6.45) is 12.7. The Labute approximate surface area is 384 Å². The van der Waals surface area contributed by atoms with Crippen LogP contribution in [0.25, 0.3) is 0 Å². The molecule has 8 aliphatic rings. The van der Waals surface area contributed by atoms with Crippen molar-refractivity contribution in [1.82, 2.24) is 0 Å². The van der Waals surface area contributed by atoms with Crippen molar-refractivity contribution in [2.75, 3.05) is 20.8 Å². The van der Waals surface area contributed by atoms with Crippen LogP contribution in [0.15, 0.2) is 52.3 Å². The quantitative estimate of drug-likeness (QED) is 0.107. The number of carbonyl (C=O) groups excluding carboxylic acids is 1. The first-order valence-corrected chi connectivity index (χ1v) is 24.4. The number of allylic oxidation sites excluding steroid dienone is 2. The van der Waals surface area contributed by atoms with Crippen LogP contribution in [0.2, 0.25) is 0 Å². The van der Waals surface area contributed by atoms with Crippen molar-refractivity contribution in [3.63, 3.8) is 0 Å². The maximum Gasteiger partial charge on any atom is 0.316 e. The number of hydrogen-bond donors (Lipinski definition) is 3. The molecule has 2 aliphatic carbocycles. The Kier molecular flexibility index (Phi) is 15.5. The summed E-state index contributed by atoms with van der Waals surface area (Å²) >= 11 is 0. The molecule has 6 aliphatic heterocycles. The van der Waals surface area contributed by atoms with E-state index in [1.54, 1.807) is 40.2 Å². The van der Waals surface area contributed by atoms with Crippen molar-refractivity contribution in [3.05, 3.63) is 47.1 Å². The molecule has 364 valence electrons. The van der Waals surface area contributed by atoms with Crippen molar-refractivity contribution in [2.45, 2.75) is 210 Å². The molecule has 1 spiro atoms. The molecule has 6 fully saturated rings. The number of aliphatic hydroxyl groups excluding tert-OH is 1. The van der Waals surface area contributed by atoms with Crippen LogP contribution in [0.5, 0.6) is 0 Å². The number of hydrogen-bond acceptors (Lipinski definition) is 15. The number of rotatable bonds is 7. The molecule has 15 nitrogen and oxygen atoms in total. The van der Waals surface area contributed by atoms with E-state index in [0.29, 0.717) is 61.5 Å². The molecule has 15 heteroatoms. The number of esters is 1. The Morgan fingerprint density at radius 2 is 1.60 bits per heavy atom. The lowest BCUT2D eigenvalue weighted by Gasteiger charge is -2.51. The van der Waals surface area contributed by atoms with Gasteiger partial charge in [-0.1, -0.05) is 68.6 Å². The van der Waals surface area contributed by atoms with E-state index in [-0.39, 0.29) is 36.5 Å². The van der Waals surface area contributed by atoms with Gasteiger partial charge in [0, 0.05) is 52.2 Å². The number of ether oxygens (including phenoxy) is 10. The van der Waals surface area contributed by atoms with Gasteiger partial charge in [-0.2, -0.15) is 0 Å². The Balaban J connectivity index is 1.09. The van der Waals surface area contributed by atoms with E-state index in [2.05, 4.69) is 32.0 Å². The number of aliphatic hydroxyl groups is 2. The summed E-state index contributed by atoms with van der Waals surface area (Å²) in [7, 11) is 3.23. The molecule has 65 heavy (non-hydrogen) atoms. The summed E-state index contributed by atoms with van der Waals surface area (Å²) in [6.45, 7) is 11.9. The minimum atomic E-state index is -1.86. The van der Waals surface area contributed by atoms with Crippen molar-refractivity contribution in [1.29, 1.82) is 0 Å². The molecule has 6 heterocycles. The van der Waals surface area contributed by atoms with E-state index in [9.17, 15) is 20.2 Å². The molecule has 5 saturated heterocycles. The number of nitrogens with zero attached hydrogens (tertiary/aromatic N) is 1. The molecule has 0 amide bonds. The second-order valence-electron chi connectivity index (χ2n) is 20.3. The maximum atomic E-state index is 14.5. The molecule has 0 aromatic heterocycles. The maximum absolute atomic E-state index is 14.5. The average molecular weight is 914 g/mol. The van der Waals surface area contributed by atoms with E-state index >= 15 is 0 Å². The zero-order chi connectivity index (χ0) is 46.2. The van der Waals surface area contributed by atoms with Gasteiger partial charge >= 0.3 is 5.97 Å². The normalized spacial score (nSPS) is 46.3. The standard InChI is InChI=1S/C50H75NO14/c1-27-13-12-16-34-26-58-47-42(51-55)30(4)21-37(50(34,47)54)48(53)61-36-22-35(64-49(25-36)20-19-29(3)45(65-49)33-14-10-9-11-15-33)18-17-28(2)44(27)62-41-24-39(57-8)46(32(6)60-41)63-40-23-38(56-7)43(52)31(5)59-40/h12-13,16-17,21,27,29,31-33,35-41,43-47,52,54-55H,9-11,14-15,18-20,22-26H2,1-8H3/t27-,29-,31-,32-,35+,36-,37-,38-,39-,40-,41-,43-,44-,45-,46-,47+,49+,50+/m0/s1. The molecular weight excluding hydrogens is 839 g/mol. The smallest absolute Gasteiger partial charge is 0.316 e. The highest BCUT2D eigenvalue weighted by Gasteiger charge is 2.60. The third-order valence-corrected chi connectivity index (χ3v) is 15.8. The van der Waals surface area contributed by atoms with E-state index in [1.807, 2.05) is 19.1 Å². The zero-order valence-electron chi connectivity index (χ0n) is 39.7. The van der Waals surface area contributed by atoms with Gasteiger partial charge in [0.15, 0.2) is 18.4 Å². The summed E-state index contributed by atoms with van der Waals surface area (Å²) in [5.74, 6) is -1.95. The molecule has 18 atom stereocenters. The first kappa shape index (κ1) is 48.9. The second-order valence-corrected chi connectivity index (χ2v) is 20.3. The first-order chi connectivity index (χ1) is 31.2. The van der Waals surface area contributed by atoms with Crippen LogP contribution in [-0.2, 0) is 52.2 Å². The van der Waals surface area contributed by atoms with Crippen molar-refractivity contribution in [3.8, 4) is 0 Å². The summed E-state index contributed by atoms with van der Waals surface area (Å²) in [5.41, 5.74) is 0.304. The van der Waals surface area contributed by atoms with Gasteiger partial charge in [-0.05, 0) is 81.9 Å². The van der Waals surface area contributed by atoms with Gasteiger partial charge in [0.05, 0.1) is 49.3 Å². The largest absolute Gasteiger partial charge is 0.462 e. The Hall–Kier alpha value is -2.54. The van der Waals surface area contributed by atoms with E-state index in [1.165, 1.54) is 19.3 Å². The zero-order valence-corrected chi connectivity index (χ0v) is 39.7. The minimum Gasteiger partial charge on any atom is -0.462 e. The van der Waals surface area contributed by atoms with E-state index in [0.717, 1.165) is 24.8 Å². The monoisotopic (exact) mass is 914 g/mol. The second kappa shape index (κ2) is 20.6. The average Bonchev–Trinajstić information content (AvgIpc) is 3.62. The van der Waals surface area contributed by atoms with Crippen LogP contribution in [0.3, 0.4) is 0 Å². The fraction of sp³-hybridized carbons (Fsp3) is 0.800. The van der Waals surface area contributed by atoms with Crippen LogP contribution >= 0.6 is 0 Å². The molecule has 0 aromatic rings. The van der Waals surface area contributed by atoms with Gasteiger partial charge in [-0.15, -0.1) is 0 Å².